The number of H-pyrrole nitrogens is 1. The fourth-order valence-corrected chi connectivity index (χ4v) is 3.08. The zero-order chi connectivity index (χ0) is 14.7. The first-order chi connectivity index (χ1) is 10.3. The molecule has 108 valence electrons. The second kappa shape index (κ2) is 5.68. The summed E-state index contributed by atoms with van der Waals surface area (Å²) in [5.41, 5.74) is 1.03. The van der Waals surface area contributed by atoms with Crippen molar-refractivity contribution in [3.8, 4) is 6.07 Å². The van der Waals surface area contributed by atoms with Gasteiger partial charge in [-0.1, -0.05) is 12.1 Å². The summed E-state index contributed by atoms with van der Waals surface area (Å²) >= 11 is 0. The van der Waals surface area contributed by atoms with E-state index in [0.29, 0.717) is 0 Å². The topological polar surface area (TPSA) is 71.9 Å². The lowest BCUT2D eigenvalue weighted by Crippen LogP contribution is -2.55. The summed E-state index contributed by atoms with van der Waals surface area (Å²) in [5.74, 6) is 0. The number of aldehydes is 1. The van der Waals surface area contributed by atoms with Gasteiger partial charge >= 0.3 is 0 Å². The van der Waals surface area contributed by atoms with Gasteiger partial charge in [-0.05, 0) is 23.1 Å². The fraction of sp³-hybridized carbons (Fsp3) is 0.375. The van der Waals surface area contributed by atoms with Gasteiger partial charge in [-0.2, -0.15) is 5.26 Å². The van der Waals surface area contributed by atoms with Crippen LogP contribution in [0.2, 0.25) is 0 Å². The molecular weight excluding hydrogens is 264 g/mol. The molecule has 0 bridgehead atoms. The van der Waals surface area contributed by atoms with Gasteiger partial charge in [-0.15, -0.1) is 0 Å². The van der Waals surface area contributed by atoms with E-state index in [1.54, 1.807) is 0 Å². The van der Waals surface area contributed by atoms with E-state index < -0.39 is 5.54 Å². The molecular formula is C16H18N4O. The van der Waals surface area contributed by atoms with Crippen LogP contribution in [0.1, 0.15) is 12.0 Å². The number of aromatic amines is 1. The molecule has 0 radical (unpaired) electrons. The van der Waals surface area contributed by atoms with E-state index in [0.717, 1.165) is 48.9 Å². The number of rotatable bonds is 4. The highest BCUT2D eigenvalue weighted by molar-refractivity contribution is 5.82. The molecule has 1 atom stereocenters. The number of nitrogens with one attached hydrogen (secondary N) is 2. The van der Waals surface area contributed by atoms with Crippen molar-refractivity contribution in [3.63, 3.8) is 0 Å². The van der Waals surface area contributed by atoms with E-state index in [9.17, 15) is 10.1 Å². The molecule has 1 unspecified atom stereocenters. The number of hydrogen-bond donors (Lipinski definition) is 2. The molecule has 3 rings (SSSR count). The smallest absolute Gasteiger partial charge is 0.145 e. The van der Waals surface area contributed by atoms with Gasteiger partial charge in [0.2, 0.25) is 0 Å². The molecule has 0 amide bonds. The summed E-state index contributed by atoms with van der Waals surface area (Å²) in [4.78, 5) is 17.3. The molecule has 0 saturated carbocycles. The highest BCUT2D eigenvalue weighted by Crippen LogP contribution is 2.32. The Bertz CT molecular complexity index is 681. The Morgan fingerprint density at radius 3 is 2.86 bits per heavy atom. The van der Waals surface area contributed by atoms with E-state index in [1.165, 1.54) is 0 Å². The first kappa shape index (κ1) is 13.8. The quantitative estimate of drug-likeness (QED) is 0.831. The summed E-state index contributed by atoms with van der Waals surface area (Å²) in [6, 6.07) is 10.1. The number of benzene rings is 1. The third kappa shape index (κ3) is 2.33. The van der Waals surface area contributed by atoms with Crippen LogP contribution < -0.4 is 5.32 Å². The van der Waals surface area contributed by atoms with Crippen LogP contribution in [0, 0.1) is 11.3 Å². The lowest BCUT2D eigenvalue weighted by Gasteiger charge is -2.41. The molecule has 2 aromatic rings. The van der Waals surface area contributed by atoms with Crippen molar-refractivity contribution in [1.29, 1.82) is 5.26 Å². The Morgan fingerprint density at radius 1 is 1.33 bits per heavy atom. The molecule has 1 saturated heterocycles. The summed E-state index contributed by atoms with van der Waals surface area (Å²) in [6.45, 7) is 3.21. The standard InChI is InChI=1S/C16H18N4O/c17-5-4-16(12-21,20-9-7-18-8-10-20)14-2-1-13-3-6-19-15(13)11-14/h1-3,6,11-12,18-19H,4,7-10H2. The van der Waals surface area contributed by atoms with E-state index in [2.05, 4.69) is 21.3 Å². The van der Waals surface area contributed by atoms with Crippen molar-refractivity contribution in [2.24, 2.45) is 0 Å². The van der Waals surface area contributed by atoms with Crippen LogP contribution in [0.3, 0.4) is 0 Å². The Kier molecular flexibility index (Phi) is 3.74. The number of hydrogen-bond acceptors (Lipinski definition) is 4. The van der Waals surface area contributed by atoms with Crippen molar-refractivity contribution in [3.05, 3.63) is 36.0 Å². The largest absolute Gasteiger partial charge is 0.361 e. The van der Waals surface area contributed by atoms with Gasteiger partial charge in [-0.25, -0.2) is 0 Å². The van der Waals surface area contributed by atoms with Gasteiger partial charge in [0, 0.05) is 37.9 Å². The molecule has 1 aromatic carbocycles. The highest BCUT2D eigenvalue weighted by atomic mass is 16.1. The molecule has 1 aliphatic heterocycles. The third-order valence-electron chi connectivity index (χ3n) is 4.28. The minimum absolute atomic E-state index is 0.169. The predicted octanol–water partition coefficient (Wildman–Crippen LogP) is 1.38. The number of piperazine rings is 1. The molecule has 21 heavy (non-hydrogen) atoms. The molecule has 1 aromatic heterocycles. The number of carbonyl (C=O) groups excluding carboxylic acids is 1. The number of fused-ring (bicyclic) bond motifs is 1. The van der Waals surface area contributed by atoms with Crippen molar-refractivity contribution in [1.82, 2.24) is 15.2 Å². The van der Waals surface area contributed by atoms with Crippen molar-refractivity contribution in [2.45, 2.75) is 12.0 Å². The fourth-order valence-electron chi connectivity index (χ4n) is 3.08. The summed E-state index contributed by atoms with van der Waals surface area (Å²) < 4.78 is 0. The first-order valence-electron chi connectivity index (χ1n) is 7.17. The van der Waals surface area contributed by atoms with Crippen molar-refractivity contribution in [2.75, 3.05) is 26.2 Å². The maximum atomic E-state index is 12.0. The van der Waals surface area contributed by atoms with Gasteiger partial charge in [0.1, 0.15) is 11.8 Å². The molecule has 5 heteroatoms. The first-order valence-corrected chi connectivity index (χ1v) is 7.17. The molecule has 2 heterocycles. The number of nitriles is 1. The Morgan fingerprint density at radius 2 is 2.14 bits per heavy atom. The summed E-state index contributed by atoms with van der Waals surface area (Å²) in [7, 11) is 0. The van der Waals surface area contributed by atoms with E-state index in [4.69, 9.17) is 0 Å². The second-order valence-electron chi connectivity index (χ2n) is 5.39. The van der Waals surface area contributed by atoms with Gasteiger partial charge < -0.3 is 15.1 Å². The van der Waals surface area contributed by atoms with Crippen LogP contribution in [-0.2, 0) is 10.3 Å². The van der Waals surface area contributed by atoms with Gasteiger partial charge in [0.15, 0.2) is 0 Å². The maximum Gasteiger partial charge on any atom is 0.145 e. The minimum atomic E-state index is -0.851. The lowest BCUT2D eigenvalue weighted by atomic mass is 9.85. The van der Waals surface area contributed by atoms with Crippen LogP contribution in [0.15, 0.2) is 30.5 Å². The minimum Gasteiger partial charge on any atom is -0.361 e. The lowest BCUT2D eigenvalue weighted by molar-refractivity contribution is -0.119. The van der Waals surface area contributed by atoms with Gasteiger partial charge in [-0.3, -0.25) is 4.90 Å². The molecule has 0 spiro atoms. The number of aromatic nitrogens is 1. The average Bonchev–Trinajstić information content (AvgIpc) is 3.01. The summed E-state index contributed by atoms with van der Waals surface area (Å²) in [5, 5.41) is 13.6. The van der Waals surface area contributed by atoms with Gasteiger partial charge in [0.25, 0.3) is 0 Å². The molecule has 0 aliphatic carbocycles. The Balaban J connectivity index is 2.08. The number of nitrogens with zero attached hydrogens (tertiary/aromatic N) is 2. The second-order valence-corrected chi connectivity index (χ2v) is 5.39. The van der Waals surface area contributed by atoms with Crippen LogP contribution in [0.5, 0.6) is 0 Å². The van der Waals surface area contributed by atoms with Crippen LogP contribution in [0.4, 0.5) is 0 Å². The Hall–Kier alpha value is -2.16. The van der Waals surface area contributed by atoms with E-state index in [1.807, 2.05) is 30.5 Å². The van der Waals surface area contributed by atoms with E-state index >= 15 is 0 Å². The third-order valence-corrected chi connectivity index (χ3v) is 4.28. The monoisotopic (exact) mass is 282 g/mol. The van der Waals surface area contributed by atoms with Crippen LogP contribution in [-0.4, -0.2) is 42.3 Å². The van der Waals surface area contributed by atoms with Crippen molar-refractivity contribution >= 4 is 17.2 Å². The zero-order valence-electron chi connectivity index (χ0n) is 11.8. The average molecular weight is 282 g/mol. The van der Waals surface area contributed by atoms with Crippen LogP contribution in [0.25, 0.3) is 10.9 Å². The molecule has 1 aliphatic rings. The zero-order valence-corrected chi connectivity index (χ0v) is 11.8. The van der Waals surface area contributed by atoms with Crippen LogP contribution >= 0.6 is 0 Å². The van der Waals surface area contributed by atoms with E-state index in [-0.39, 0.29) is 6.42 Å². The Labute approximate surface area is 123 Å². The predicted molar refractivity (Wildman–Crippen MR) is 80.7 cm³/mol. The van der Waals surface area contributed by atoms with Crippen molar-refractivity contribution < 1.29 is 4.79 Å². The molecule has 1 fully saturated rings. The highest BCUT2D eigenvalue weighted by Gasteiger charge is 2.39. The summed E-state index contributed by atoms with van der Waals surface area (Å²) in [6.07, 6.45) is 2.99. The molecule has 2 N–H and O–H groups in total. The molecule has 5 nitrogen and oxygen atoms in total. The normalized spacial score (nSPS) is 19.0. The SMILES string of the molecule is N#CCC(C=O)(c1ccc2cc[nH]c2c1)N1CCNCC1. The maximum absolute atomic E-state index is 12.0. The number of carbonyl (C=O) groups is 1. The van der Waals surface area contributed by atoms with Gasteiger partial charge in [0.05, 0.1) is 12.5 Å².